The van der Waals surface area contributed by atoms with Gasteiger partial charge in [-0.05, 0) is 41.0 Å². The Morgan fingerprint density at radius 3 is 2.43 bits per heavy atom. The van der Waals surface area contributed by atoms with Gasteiger partial charge in [0.15, 0.2) is 5.84 Å². The minimum atomic E-state index is -5.13. The van der Waals surface area contributed by atoms with E-state index in [4.69, 9.17) is 4.99 Å². The molecule has 5 nitrogen and oxygen atoms in total. The molecule has 4 rings (SSSR count). The Balaban J connectivity index is 1.89. The van der Waals surface area contributed by atoms with E-state index in [2.05, 4.69) is 31.2 Å². The number of amidine groups is 1. The number of hydrogen-bond acceptors (Lipinski definition) is 5. The Kier molecular flexibility index (Phi) is 5.07. The highest BCUT2D eigenvalue weighted by Crippen LogP contribution is 2.46. The molecule has 0 amide bonds. The van der Waals surface area contributed by atoms with Crippen LogP contribution in [-0.2, 0) is 15.2 Å². The highest BCUT2D eigenvalue weighted by Gasteiger charge is 2.45. The molecule has 1 aliphatic rings. The number of benzene rings is 2. The van der Waals surface area contributed by atoms with Crippen LogP contribution in [-0.4, -0.2) is 23.0 Å². The molecule has 2 heterocycles. The molecule has 0 aliphatic carbocycles. The third-order valence-electron chi connectivity index (χ3n) is 4.66. The number of hydrogen-bond donors (Lipinski definition) is 1. The van der Waals surface area contributed by atoms with Gasteiger partial charge in [0.05, 0.1) is 0 Å². The van der Waals surface area contributed by atoms with Crippen LogP contribution in [0.25, 0.3) is 0 Å². The highest BCUT2D eigenvalue weighted by atomic mass is 79.9. The van der Waals surface area contributed by atoms with Crippen molar-refractivity contribution >= 4 is 27.7 Å². The van der Waals surface area contributed by atoms with Crippen molar-refractivity contribution < 1.29 is 22.8 Å². The number of rotatable bonds is 2. The third-order valence-corrected chi connectivity index (χ3v) is 5.16. The SMILES string of the molecule is O=C(ONC1=NC(c2ccncc2)(c2cccc(Br)c2)c2ccccc21)C(F)(F)F. The topological polar surface area (TPSA) is 63.6 Å². The number of carbonyl (C=O) groups excluding carboxylic acids is 1. The predicted octanol–water partition coefficient (Wildman–Crippen LogP) is 4.51. The van der Waals surface area contributed by atoms with E-state index >= 15 is 0 Å². The molecule has 1 N–H and O–H groups in total. The van der Waals surface area contributed by atoms with Crippen molar-refractivity contribution in [3.05, 3.63) is 99.8 Å². The molecule has 1 atom stereocenters. The second-order valence-corrected chi connectivity index (χ2v) is 7.37. The molecule has 30 heavy (non-hydrogen) atoms. The molecule has 1 aliphatic heterocycles. The van der Waals surface area contributed by atoms with Crippen molar-refractivity contribution in [1.29, 1.82) is 0 Å². The van der Waals surface area contributed by atoms with Crippen molar-refractivity contribution in [1.82, 2.24) is 10.5 Å². The fourth-order valence-electron chi connectivity index (χ4n) is 3.44. The van der Waals surface area contributed by atoms with E-state index in [1.54, 1.807) is 36.7 Å². The van der Waals surface area contributed by atoms with Gasteiger partial charge in [-0.1, -0.05) is 52.3 Å². The summed E-state index contributed by atoms with van der Waals surface area (Å²) in [6, 6.07) is 18.1. The maximum absolute atomic E-state index is 12.6. The normalized spacial score (nSPS) is 17.8. The van der Waals surface area contributed by atoms with Gasteiger partial charge in [0.25, 0.3) is 0 Å². The van der Waals surface area contributed by atoms with Gasteiger partial charge in [-0.15, -0.1) is 0 Å². The molecule has 1 aromatic heterocycles. The summed E-state index contributed by atoms with van der Waals surface area (Å²) < 4.78 is 38.5. The summed E-state index contributed by atoms with van der Waals surface area (Å²) in [6.45, 7) is 0. The second kappa shape index (κ2) is 7.56. The maximum Gasteiger partial charge on any atom is 0.493 e. The largest absolute Gasteiger partial charge is 0.493 e. The van der Waals surface area contributed by atoms with Crippen molar-refractivity contribution in [3.63, 3.8) is 0 Å². The summed E-state index contributed by atoms with van der Waals surface area (Å²) in [4.78, 5) is 24.3. The van der Waals surface area contributed by atoms with Gasteiger partial charge in [0, 0.05) is 22.4 Å². The number of alkyl halides is 3. The van der Waals surface area contributed by atoms with Crippen molar-refractivity contribution in [2.24, 2.45) is 4.99 Å². The number of aromatic nitrogens is 1. The number of nitrogens with one attached hydrogen (secondary N) is 1. The van der Waals surface area contributed by atoms with E-state index in [0.717, 1.165) is 21.2 Å². The Labute approximate surface area is 177 Å². The molecule has 0 saturated carbocycles. The van der Waals surface area contributed by atoms with Crippen LogP contribution < -0.4 is 5.48 Å². The Hall–Kier alpha value is -3.20. The van der Waals surface area contributed by atoms with Gasteiger partial charge < -0.3 is 4.84 Å². The lowest BCUT2D eigenvalue weighted by Crippen LogP contribution is -2.34. The second-order valence-electron chi connectivity index (χ2n) is 6.45. The summed E-state index contributed by atoms with van der Waals surface area (Å²) in [7, 11) is 0. The molecule has 0 saturated heterocycles. The van der Waals surface area contributed by atoms with Gasteiger partial charge in [0.2, 0.25) is 0 Å². The van der Waals surface area contributed by atoms with Crippen LogP contribution >= 0.6 is 15.9 Å². The molecule has 0 radical (unpaired) electrons. The van der Waals surface area contributed by atoms with Crippen molar-refractivity contribution in [2.75, 3.05) is 0 Å². The smallest absolute Gasteiger partial charge is 0.334 e. The van der Waals surface area contributed by atoms with Crippen molar-refractivity contribution in [2.45, 2.75) is 11.7 Å². The number of aliphatic imine (C=N–C) groups is 1. The van der Waals surface area contributed by atoms with E-state index in [-0.39, 0.29) is 5.84 Å². The first-order valence-electron chi connectivity index (χ1n) is 8.72. The Bertz CT molecular complexity index is 1140. The third kappa shape index (κ3) is 3.45. The molecule has 3 aromatic rings. The molecule has 9 heteroatoms. The van der Waals surface area contributed by atoms with Crippen LogP contribution in [0.5, 0.6) is 0 Å². The fraction of sp³-hybridized carbons (Fsp3) is 0.0952. The predicted molar refractivity (Wildman–Crippen MR) is 107 cm³/mol. The van der Waals surface area contributed by atoms with Crippen molar-refractivity contribution in [3.8, 4) is 0 Å². The van der Waals surface area contributed by atoms with E-state index < -0.39 is 17.7 Å². The highest BCUT2D eigenvalue weighted by molar-refractivity contribution is 9.10. The average Bonchev–Trinajstić information content (AvgIpc) is 3.07. The molecule has 0 fully saturated rings. The molecular weight excluding hydrogens is 463 g/mol. The molecule has 2 aromatic carbocycles. The van der Waals surface area contributed by atoms with Crippen LogP contribution in [0, 0.1) is 0 Å². The monoisotopic (exact) mass is 475 g/mol. The first kappa shape index (κ1) is 20.1. The Morgan fingerprint density at radius 1 is 1.00 bits per heavy atom. The van der Waals surface area contributed by atoms with E-state index in [1.165, 1.54) is 0 Å². The van der Waals surface area contributed by atoms with Gasteiger partial charge in [-0.25, -0.2) is 9.79 Å². The van der Waals surface area contributed by atoms with E-state index in [0.29, 0.717) is 5.56 Å². The van der Waals surface area contributed by atoms with Crippen LogP contribution in [0.15, 0.2) is 82.5 Å². The van der Waals surface area contributed by atoms with Crippen LogP contribution in [0.2, 0.25) is 0 Å². The number of nitrogens with zero attached hydrogens (tertiary/aromatic N) is 2. The standard InChI is InChI=1S/C21H13BrF3N3O2/c22-15-5-3-4-14(12-15)20(13-8-10-26-11-9-13)17-7-2-1-6-16(17)18(27-20)28-30-19(29)21(23,24)25/h1-12H,(H,27,28). The number of fused-ring (bicyclic) bond motifs is 1. The average molecular weight is 476 g/mol. The number of pyridine rings is 1. The van der Waals surface area contributed by atoms with Gasteiger partial charge in [0.1, 0.15) is 5.54 Å². The summed E-state index contributed by atoms with van der Waals surface area (Å²) in [5.41, 5.74) is 3.80. The minimum Gasteiger partial charge on any atom is -0.334 e. The first-order chi connectivity index (χ1) is 14.3. The molecular formula is C21H13BrF3N3O2. The summed E-state index contributed by atoms with van der Waals surface area (Å²) in [5, 5.41) is 0. The molecule has 0 bridgehead atoms. The summed E-state index contributed by atoms with van der Waals surface area (Å²) >= 11 is 3.46. The number of hydroxylamine groups is 1. The Morgan fingerprint density at radius 2 is 1.73 bits per heavy atom. The summed E-state index contributed by atoms with van der Waals surface area (Å²) in [5.74, 6) is -2.34. The lowest BCUT2D eigenvalue weighted by molar-refractivity contribution is -0.203. The van der Waals surface area contributed by atoms with Crippen LogP contribution in [0.1, 0.15) is 22.3 Å². The zero-order chi connectivity index (χ0) is 21.4. The first-order valence-corrected chi connectivity index (χ1v) is 9.52. The lowest BCUT2D eigenvalue weighted by Gasteiger charge is -2.29. The van der Waals surface area contributed by atoms with E-state index in [9.17, 15) is 18.0 Å². The number of halogens is 4. The van der Waals surface area contributed by atoms with Gasteiger partial charge >= 0.3 is 12.1 Å². The lowest BCUT2D eigenvalue weighted by atomic mass is 9.78. The van der Waals surface area contributed by atoms with Gasteiger partial charge in [-0.2, -0.15) is 18.7 Å². The van der Waals surface area contributed by atoms with Gasteiger partial charge in [-0.3, -0.25) is 4.98 Å². The quantitative estimate of drug-likeness (QED) is 0.554. The molecule has 1 unspecified atom stereocenters. The number of carbonyl (C=O) groups is 1. The summed E-state index contributed by atoms with van der Waals surface area (Å²) in [6.07, 6.45) is -1.90. The van der Waals surface area contributed by atoms with Crippen LogP contribution in [0.3, 0.4) is 0 Å². The van der Waals surface area contributed by atoms with E-state index in [1.807, 2.05) is 36.4 Å². The van der Waals surface area contributed by atoms with Crippen LogP contribution in [0.4, 0.5) is 13.2 Å². The maximum atomic E-state index is 12.6. The minimum absolute atomic E-state index is 0.0139. The molecule has 0 spiro atoms. The molecule has 152 valence electrons. The zero-order valence-electron chi connectivity index (χ0n) is 15.2. The fourth-order valence-corrected chi connectivity index (χ4v) is 3.84. The zero-order valence-corrected chi connectivity index (χ0v) is 16.7.